The van der Waals surface area contributed by atoms with E-state index in [0.29, 0.717) is 11.0 Å². The van der Waals surface area contributed by atoms with Gasteiger partial charge >= 0.3 is 0 Å². The van der Waals surface area contributed by atoms with E-state index in [0.717, 1.165) is 11.4 Å². The molecule has 0 atom stereocenters. The van der Waals surface area contributed by atoms with Crippen molar-refractivity contribution in [2.45, 2.75) is 6.92 Å². The minimum Gasteiger partial charge on any atom is -0.387 e. The summed E-state index contributed by atoms with van der Waals surface area (Å²) in [6.07, 6.45) is 0. The molecule has 0 aromatic carbocycles. The zero-order chi connectivity index (χ0) is 10.3. The second-order valence-corrected chi connectivity index (χ2v) is 3.26. The predicted octanol–water partition coefficient (Wildman–Crippen LogP) is 0.612. The number of anilines is 1. The topological polar surface area (TPSA) is 62.7 Å². The SMILES string of the molecule is CNc1cc(C)nc2[nH]n(C)c(=O)c12. The highest BCUT2D eigenvalue weighted by molar-refractivity contribution is 5.88. The summed E-state index contributed by atoms with van der Waals surface area (Å²) in [6.45, 7) is 1.89. The van der Waals surface area contributed by atoms with Gasteiger partial charge < -0.3 is 5.32 Å². The number of rotatable bonds is 1. The van der Waals surface area contributed by atoms with Gasteiger partial charge in [0.15, 0.2) is 5.65 Å². The van der Waals surface area contributed by atoms with Crippen molar-refractivity contribution < 1.29 is 0 Å². The number of H-pyrrole nitrogens is 1. The van der Waals surface area contributed by atoms with E-state index in [1.807, 2.05) is 13.0 Å². The zero-order valence-electron chi connectivity index (χ0n) is 8.38. The first-order valence-corrected chi connectivity index (χ1v) is 4.37. The number of aromatic amines is 1. The van der Waals surface area contributed by atoms with Crippen LogP contribution in [-0.4, -0.2) is 21.8 Å². The Bertz CT molecular complexity index is 537. The van der Waals surface area contributed by atoms with Crippen molar-refractivity contribution in [3.05, 3.63) is 22.1 Å². The Morgan fingerprint density at radius 2 is 2.29 bits per heavy atom. The van der Waals surface area contributed by atoms with E-state index in [9.17, 15) is 4.79 Å². The van der Waals surface area contributed by atoms with Crippen molar-refractivity contribution in [1.29, 1.82) is 0 Å². The second kappa shape index (κ2) is 2.87. The molecule has 2 heterocycles. The molecule has 5 nitrogen and oxygen atoms in total. The zero-order valence-corrected chi connectivity index (χ0v) is 8.38. The van der Waals surface area contributed by atoms with Crippen LogP contribution >= 0.6 is 0 Å². The van der Waals surface area contributed by atoms with Crippen LogP contribution in [-0.2, 0) is 7.05 Å². The average molecular weight is 192 g/mol. The van der Waals surface area contributed by atoms with Crippen LogP contribution in [0.1, 0.15) is 5.69 Å². The fourth-order valence-corrected chi connectivity index (χ4v) is 1.55. The van der Waals surface area contributed by atoms with E-state index in [4.69, 9.17) is 0 Å². The minimum absolute atomic E-state index is 0.0585. The molecular weight excluding hydrogens is 180 g/mol. The van der Waals surface area contributed by atoms with Crippen molar-refractivity contribution in [3.8, 4) is 0 Å². The molecular formula is C9H12N4O. The summed E-state index contributed by atoms with van der Waals surface area (Å²) in [7, 11) is 3.47. The third-order valence-electron chi connectivity index (χ3n) is 2.21. The van der Waals surface area contributed by atoms with Gasteiger partial charge in [-0.3, -0.25) is 14.6 Å². The number of nitrogens with zero attached hydrogens (tertiary/aromatic N) is 2. The molecule has 74 valence electrons. The molecule has 0 saturated heterocycles. The van der Waals surface area contributed by atoms with Crippen molar-refractivity contribution in [3.63, 3.8) is 0 Å². The maximum absolute atomic E-state index is 11.7. The summed E-state index contributed by atoms with van der Waals surface area (Å²) >= 11 is 0. The second-order valence-electron chi connectivity index (χ2n) is 3.26. The van der Waals surface area contributed by atoms with Gasteiger partial charge in [-0.25, -0.2) is 4.98 Å². The van der Waals surface area contributed by atoms with E-state index in [1.54, 1.807) is 14.1 Å². The first kappa shape index (κ1) is 8.80. The Morgan fingerprint density at radius 3 is 2.93 bits per heavy atom. The Kier molecular flexibility index (Phi) is 1.80. The molecule has 0 spiro atoms. The Balaban J connectivity index is 2.96. The normalized spacial score (nSPS) is 10.8. The summed E-state index contributed by atoms with van der Waals surface area (Å²) in [4.78, 5) is 15.9. The number of hydrogen-bond donors (Lipinski definition) is 2. The van der Waals surface area contributed by atoms with Crippen LogP contribution in [0.4, 0.5) is 5.69 Å². The first-order valence-electron chi connectivity index (χ1n) is 4.37. The number of nitrogens with one attached hydrogen (secondary N) is 2. The fourth-order valence-electron chi connectivity index (χ4n) is 1.55. The molecule has 0 bridgehead atoms. The number of aromatic nitrogens is 3. The Hall–Kier alpha value is -1.78. The Morgan fingerprint density at radius 1 is 1.57 bits per heavy atom. The molecule has 0 radical (unpaired) electrons. The highest BCUT2D eigenvalue weighted by Crippen LogP contribution is 2.17. The van der Waals surface area contributed by atoms with Crippen molar-refractivity contribution in [1.82, 2.24) is 14.8 Å². The maximum Gasteiger partial charge on any atom is 0.277 e. The first-order chi connectivity index (χ1) is 6.63. The lowest BCUT2D eigenvalue weighted by atomic mass is 10.2. The van der Waals surface area contributed by atoms with Gasteiger partial charge in [0.25, 0.3) is 5.56 Å². The van der Waals surface area contributed by atoms with E-state index in [2.05, 4.69) is 15.4 Å². The van der Waals surface area contributed by atoms with Crippen LogP contribution in [0.3, 0.4) is 0 Å². The third kappa shape index (κ3) is 1.09. The van der Waals surface area contributed by atoms with Gasteiger partial charge in [0.1, 0.15) is 5.39 Å². The van der Waals surface area contributed by atoms with Gasteiger partial charge in [-0.2, -0.15) is 0 Å². The van der Waals surface area contributed by atoms with Crippen LogP contribution in [0.25, 0.3) is 11.0 Å². The lowest BCUT2D eigenvalue weighted by Crippen LogP contribution is -2.12. The van der Waals surface area contributed by atoms with E-state index in [-0.39, 0.29) is 5.56 Å². The Labute approximate surface area is 80.7 Å². The largest absolute Gasteiger partial charge is 0.387 e. The molecule has 0 aliphatic carbocycles. The lowest BCUT2D eigenvalue weighted by molar-refractivity contribution is 0.747. The van der Waals surface area contributed by atoms with E-state index < -0.39 is 0 Å². The highest BCUT2D eigenvalue weighted by atomic mass is 16.1. The van der Waals surface area contributed by atoms with Crippen molar-refractivity contribution in [2.24, 2.45) is 7.05 Å². The molecule has 0 saturated carbocycles. The summed E-state index contributed by atoms with van der Waals surface area (Å²) < 4.78 is 1.43. The number of hydrogen-bond acceptors (Lipinski definition) is 3. The van der Waals surface area contributed by atoms with Crippen LogP contribution in [0.2, 0.25) is 0 Å². The monoisotopic (exact) mass is 192 g/mol. The lowest BCUT2D eigenvalue weighted by Gasteiger charge is -2.00. The van der Waals surface area contributed by atoms with E-state index >= 15 is 0 Å². The standard InChI is InChI=1S/C9H12N4O/c1-5-4-6(10-2)7-8(11-5)12-13(3)9(7)14/h4H,1-3H3,(H2,10,11,12). The van der Waals surface area contributed by atoms with Gasteiger partial charge in [-0.1, -0.05) is 0 Å². The summed E-state index contributed by atoms with van der Waals surface area (Å²) in [6, 6.07) is 1.86. The smallest absolute Gasteiger partial charge is 0.277 e. The van der Waals surface area contributed by atoms with Crippen LogP contribution in [0, 0.1) is 6.92 Å². The molecule has 2 aromatic heterocycles. The molecule has 0 amide bonds. The van der Waals surface area contributed by atoms with Crippen molar-refractivity contribution >= 4 is 16.7 Å². The summed E-state index contributed by atoms with van der Waals surface area (Å²) in [5, 5.41) is 6.50. The average Bonchev–Trinajstić information content (AvgIpc) is 2.41. The third-order valence-corrected chi connectivity index (χ3v) is 2.21. The summed E-state index contributed by atoms with van der Waals surface area (Å²) in [5.74, 6) is 0. The van der Waals surface area contributed by atoms with Crippen LogP contribution in [0.5, 0.6) is 0 Å². The molecule has 0 fully saturated rings. The highest BCUT2D eigenvalue weighted by Gasteiger charge is 2.10. The number of aryl methyl sites for hydroxylation is 2. The molecule has 14 heavy (non-hydrogen) atoms. The molecule has 2 aromatic rings. The molecule has 0 unspecified atom stereocenters. The van der Waals surface area contributed by atoms with Gasteiger partial charge in [-0.05, 0) is 13.0 Å². The number of pyridine rings is 1. The summed E-state index contributed by atoms with van der Waals surface area (Å²) in [5.41, 5.74) is 2.26. The van der Waals surface area contributed by atoms with Gasteiger partial charge in [0.2, 0.25) is 0 Å². The molecule has 0 aliphatic heterocycles. The van der Waals surface area contributed by atoms with Crippen LogP contribution < -0.4 is 10.9 Å². The van der Waals surface area contributed by atoms with Gasteiger partial charge in [0, 0.05) is 19.8 Å². The van der Waals surface area contributed by atoms with Crippen LogP contribution in [0.15, 0.2) is 10.9 Å². The quantitative estimate of drug-likeness (QED) is 0.696. The molecule has 5 heteroatoms. The fraction of sp³-hybridized carbons (Fsp3) is 0.333. The van der Waals surface area contributed by atoms with Crippen molar-refractivity contribution in [2.75, 3.05) is 12.4 Å². The minimum atomic E-state index is -0.0585. The maximum atomic E-state index is 11.7. The van der Waals surface area contributed by atoms with Gasteiger partial charge in [0.05, 0.1) is 5.69 Å². The molecule has 2 N–H and O–H groups in total. The van der Waals surface area contributed by atoms with Gasteiger partial charge in [-0.15, -0.1) is 0 Å². The number of fused-ring (bicyclic) bond motifs is 1. The predicted molar refractivity (Wildman–Crippen MR) is 55.6 cm³/mol. The molecule has 0 aliphatic rings. The molecule has 2 rings (SSSR count). The van der Waals surface area contributed by atoms with E-state index in [1.165, 1.54) is 4.68 Å².